The van der Waals surface area contributed by atoms with Gasteiger partial charge in [-0.3, -0.25) is 0 Å². The van der Waals surface area contributed by atoms with Crippen molar-refractivity contribution in [2.45, 2.75) is 13.1 Å². The van der Waals surface area contributed by atoms with Gasteiger partial charge in [-0.05, 0) is 39.6 Å². The zero-order chi connectivity index (χ0) is 14.9. The SMILES string of the molecule is O=c1[nH]c2ccc(CNCc3cccc4nonc34)cc2[nH]1. The summed E-state index contributed by atoms with van der Waals surface area (Å²) in [4.78, 5) is 16.7. The number of hydrogen-bond acceptors (Lipinski definition) is 5. The van der Waals surface area contributed by atoms with Crippen molar-refractivity contribution in [3.63, 3.8) is 0 Å². The Morgan fingerprint density at radius 1 is 1.05 bits per heavy atom. The van der Waals surface area contributed by atoms with Gasteiger partial charge in [-0.15, -0.1) is 0 Å². The molecule has 2 aromatic carbocycles. The standard InChI is InChI=1S/C15H13N5O2/c21-15-17-11-5-4-9(6-13(11)18-15)7-16-8-10-2-1-3-12-14(10)20-22-19-12/h1-6,16H,7-8H2,(H2,17,18,21). The van der Waals surface area contributed by atoms with Crippen LogP contribution in [0.15, 0.2) is 45.8 Å². The van der Waals surface area contributed by atoms with Crippen LogP contribution < -0.4 is 11.0 Å². The van der Waals surface area contributed by atoms with E-state index in [2.05, 4.69) is 25.6 Å². The van der Waals surface area contributed by atoms with Crippen molar-refractivity contribution in [3.05, 3.63) is 58.0 Å². The molecule has 22 heavy (non-hydrogen) atoms. The Balaban J connectivity index is 1.49. The van der Waals surface area contributed by atoms with Gasteiger partial charge in [-0.1, -0.05) is 18.2 Å². The lowest BCUT2D eigenvalue weighted by Gasteiger charge is -2.05. The predicted octanol–water partition coefficient (Wildman–Crippen LogP) is 1.68. The van der Waals surface area contributed by atoms with Gasteiger partial charge >= 0.3 is 5.69 Å². The fourth-order valence-corrected chi connectivity index (χ4v) is 2.54. The summed E-state index contributed by atoms with van der Waals surface area (Å²) in [7, 11) is 0. The first kappa shape index (κ1) is 12.8. The van der Waals surface area contributed by atoms with Gasteiger partial charge in [-0.25, -0.2) is 9.42 Å². The highest BCUT2D eigenvalue weighted by atomic mass is 16.6. The number of rotatable bonds is 4. The third-order valence-corrected chi connectivity index (χ3v) is 3.59. The van der Waals surface area contributed by atoms with Gasteiger partial charge in [0.15, 0.2) is 0 Å². The lowest BCUT2D eigenvalue weighted by molar-refractivity contribution is 0.315. The van der Waals surface area contributed by atoms with E-state index in [4.69, 9.17) is 4.63 Å². The molecule has 110 valence electrons. The molecule has 0 unspecified atom stereocenters. The van der Waals surface area contributed by atoms with E-state index in [-0.39, 0.29) is 5.69 Å². The molecule has 2 aromatic heterocycles. The van der Waals surface area contributed by atoms with Crippen LogP contribution in [0.1, 0.15) is 11.1 Å². The van der Waals surface area contributed by atoms with Gasteiger partial charge < -0.3 is 15.3 Å². The summed E-state index contributed by atoms with van der Waals surface area (Å²) in [5, 5.41) is 11.1. The number of nitrogens with one attached hydrogen (secondary N) is 3. The van der Waals surface area contributed by atoms with Gasteiger partial charge in [0.2, 0.25) is 0 Å². The highest BCUT2D eigenvalue weighted by molar-refractivity contribution is 5.77. The van der Waals surface area contributed by atoms with Gasteiger partial charge in [0.25, 0.3) is 0 Å². The van der Waals surface area contributed by atoms with Gasteiger partial charge in [-0.2, -0.15) is 0 Å². The molecule has 4 aromatic rings. The van der Waals surface area contributed by atoms with Crippen molar-refractivity contribution in [1.82, 2.24) is 25.6 Å². The zero-order valence-electron chi connectivity index (χ0n) is 11.6. The summed E-state index contributed by atoms with van der Waals surface area (Å²) in [5.74, 6) is 0. The summed E-state index contributed by atoms with van der Waals surface area (Å²) in [6.07, 6.45) is 0. The minimum absolute atomic E-state index is 0.190. The van der Waals surface area contributed by atoms with Crippen molar-refractivity contribution >= 4 is 22.1 Å². The van der Waals surface area contributed by atoms with Crippen LogP contribution in [0.2, 0.25) is 0 Å². The van der Waals surface area contributed by atoms with Gasteiger partial charge in [0.1, 0.15) is 11.0 Å². The second kappa shape index (κ2) is 5.12. The molecular formula is C15H13N5O2. The third kappa shape index (κ3) is 2.27. The fourth-order valence-electron chi connectivity index (χ4n) is 2.54. The first-order chi connectivity index (χ1) is 10.8. The molecule has 7 heteroatoms. The number of nitrogens with zero attached hydrogens (tertiary/aromatic N) is 2. The average molecular weight is 295 g/mol. The van der Waals surface area contributed by atoms with Crippen LogP contribution in [0.4, 0.5) is 0 Å². The zero-order valence-corrected chi connectivity index (χ0v) is 11.6. The topological polar surface area (TPSA) is 99.6 Å². The maximum Gasteiger partial charge on any atom is 0.323 e. The minimum atomic E-state index is -0.190. The summed E-state index contributed by atoms with van der Waals surface area (Å²) in [6.45, 7) is 1.35. The minimum Gasteiger partial charge on any atom is -0.309 e. The second-order valence-corrected chi connectivity index (χ2v) is 5.11. The lowest BCUT2D eigenvalue weighted by atomic mass is 10.1. The van der Waals surface area contributed by atoms with Gasteiger partial charge in [0.05, 0.1) is 11.0 Å². The van der Waals surface area contributed by atoms with E-state index in [1.807, 2.05) is 36.4 Å². The summed E-state index contributed by atoms with van der Waals surface area (Å²) in [5.41, 5.74) is 5.10. The third-order valence-electron chi connectivity index (χ3n) is 3.59. The molecule has 2 heterocycles. The van der Waals surface area contributed by atoms with E-state index in [0.29, 0.717) is 13.1 Å². The van der Waals surface area contributed by atoms with Crippen molar-refractivity contribution in [1.29, 1.82) is 0 Å². The van der Waals surface area contributed by atoms with Crippen molar-refractivity contribution in [3.8, 4) is 0 Å². The highest BCUT2D eigenvalue weighted by Gasteiger charge is 2.06. The number of aromatic amines is 2. The van der Waals surface area contributed by atoms with E-state index in [9.17, 15) is 4.79 Å². The molecule has 0 amide bonds. The quantitative estimate of drug-likeness (QED) is 0.532. The van der Waals surface area contributed by atoms with Crippen LogP contribution in [0.25, 0.3) is 22.1 Å². The molecule has 0 fully saturated rings. The number of hydrogen-bond donors (Lipinski definition) is 3. The van der Waals surface area contributed by atoms with Crippen LogP contribution in [0, 0.1) is 0 Å². The Labute approximate surface area is 124 Å². The molecule has 0 aliphatic carbocycles. The Morgan fingerprint density at radius 2 is 1.95 bits per heavy atom. The first-order valence-corrected chi connectivity index (χ1v) is 6.91. The Bertz CT molecular complexity index is 998. The first-order valence-electron chi connectivity index (χ1n) is 6.91. The maximum absolute atomic E-state index is 11.2. The number of aromatic nitrogens is 4. The largest absolute Gasteiger partial charge is 0.323 e. The van der Waals surface area contributed by atoms with Crippen LogP contribution in [-0.4, -0.2) is 20.3 Å². The van der Waals surface area contributed by atoms with Crippen LogP contribution in [0.5, 0.6) is 0 Å². The van der Waals surface area contributed by atoms with Crippen molar-refractivity contribution in [2.75, 3.05) is 0 Å². The molecule has 0 aliphatic rings. The highest BCUT2D eigenvalue weighted by Crippen LogP contribution is 2.15. The summed E-state index contributed by atoms with van der Waals surface area (Å²) in [6, 6.07) is 11.6. The van der Waals surface area contributed by atoms with Gasteiger partial charge in [0, 0.05) is 13.1 Å². The lowest BCUT2D eigenvalue weighted by Crippen LogP contribution is -2.12. The molecule has 3 N–H and O–H groups in total. The van der Waals surface area contributed by atoms with Crippen LogP contribution >= 0.6 is 0 Å². The van der Waals surface area contributed by atoms with E-state index >= 15 is 0 Å². The second-order valence-electron chi connectivity index (χ2n) is 5.11. The molecule has 0 saturated carbocycles. The smallest absolute Gasteiger partial charge is 0.309 e. The van der Waals surface area contributed by atoms with Crippen LogP contribution in [-0.2, 0) is 13.1 Å². The molecule has 0 saturated heterocycles. The molecular weight excluding hydrogens is 282 g/mol. The van der Waals surface area contributed by atoms with E-state index in [0.717, 1.165) is 33.2 Å². The van der Waals surface area contributed by atoms with Crippen molar-refractivity contribution < 1.29 is 4.63 Å². The van der Waals surface area contributed by atoms with Crippen LogP contribution in [0.3, 0.4) is 0 Å². The van der Waals surface area contributed by atoms with E-state index in [1.165, 1.54) is 0 Å². The molecule has 0 aliphatic heterocycles. The summed E-state index contributed by atoms with van der Waals surface area (Å²) >= 11 is 0. The van der Waals surface area contributed by atoms with E-state index in [1.54, 1.807) is 0 Å². The molecule has 0 radical (unpaired) electrons. The number of fused-ring (bicyclic) bond motifs is 2. The van der Waals surface area contributed by atoms with E-state index < -0.39 is 0 Å². The molecule has 4 rings (SSSR count). The molecule has 0 spiro atoms. The van der Waals surface area contributed by atoms with Crippen molar-refractivity contribution in [2.24, 2.45) is 0 Å². The number of H-pyrrole nitrogens is 2. The maximum atomic E-state index is 11.2. The normalized spacial score (nSPS) is 11.5. The average Bonchev–Trinajstić information content (AvgIpc) is 3.12. The summed E-state index contributed by atoms with van der Waals surface area (Å²) < 4.78 is 4.76. The molecule has 7 nitrogen and oxygen atoms in total. The Hall–Kier alpha value is -2.93. The Morgan fingerprint density at radius 3 is 2.91 bits per heavy atom. The number of benzene rings is 2. The number of imidazole rings is 1. The molecule has 0 atom stereocenters. The monoisotopic (exact) mass is 295 g/mol. The fraction of sp³-hybridized carbons (Fsp3) is 0.133. The molecule has 0 bridgehead atoms. The predicted molar refractivity (Wildman–Crippen MR) is 81.3 cm³/mol. The Kier molecular flexibility index (Phi) is 2.97.